The average molecular weight is 274 g/mol. The van der Waals surface area contributed by atoms with Crippen LogP contribution in [0, 0.1) is 0 Å². The van der Waals surface area contributed by atoms with Crippen molar-refractivity contribution in [2.75, 3.05) is 6.26 Å². The molecular formula is C11H12ClNO3S. The highest BCUT2D eigenvalue weighted by Gasteiger charge is 2.17. The molecule has 0 unspecified atom stereocenters. The molecule has 0 saturated heterocycles. The van der Waals surface area contributed by atoms with Gasteiger partial charge in [0.15, 0.2) is 0 Å². The second kappa shape index (κ2) is 4.66. The molecule has 0 bridgehead atoms. The minimum Gasteiger partial charge on any atom is -0.268 e. The van der Waals surface area contributed by atoms with Crippen LogP contribution in [-0.2, 0) is 20.8 Å². The van der Waals surface area contributed by atoms with Crippen LogP contribution in [0.15, 0.2) is 23.4 Å². The van der Waals surface area contributed by atoms with Gasteiger partial charge in [0.05, 0.1) is 12.0 Å². The highest BCUT2D eigenvalue weighted by Crippen LogP contribution is 2.25. The number of fused-ring (bicyclic) bond motifs is 1. The number of halogens is 1. The van der Waals surface area contributed by atoms with Crippen LogP contribution < -0.4 is 0 Å². The van der Waals surface area contributed by atoms with Gasteiger partial charge in [-0.1, -0.05) is 22.8 Å². The summed E-state index contributed by atoms with van der Waals surface area (Å²) in [4.78, 5) is 0. The molecule has 0 N–H and O–H groups in total. The molecule has 2 rings (SSSR count). The third kappa shape index (κ3) is 3.20. The van der Waals surface area contributed by atoms with Gasteiger partial charge in [0.2, 0.25) is 0 Å². The summed E-state index contributed by atoms with van der Waals surface area (Å²) in [6.07, 6.45) is 3.53. The van der Waals surface area contributed by atoms with Crippen LogP contribution in [-0.4, -0.2) is 20.4 Å². The third-order valence-electron chi connectivity index (χ3n) is 2.52. The van der Waals surface area contributed by atoms with Crippen molar-refractivity contribution in [2.45, 2.75) is 19.3 Å². The van der Waals surface area contributed by atoms with E-state index in [9.17, 15) is 8.42 Å². The SMILES string of the molecule is CS(=O)(=O)ON=C1CCCc2cc(Cl)ccc21. The standard InChI is InChI=1S/C11H12ClNO3S/c1-17(14,15)16-13-11-4-2-3-8-7-9(12)5-6-10(8)11/h5-7H,2-4H2,1H3. The summed E-state index contributed by atoms with van der Waals surface area (Å²) in [7, 11) is -3.55. The Morgan fingerprint density at radius 3 is 2.82 bits per heavy atom. The van der Waals surface area contributed by atoms with Crippen molar-refractivity contribution in [3.8, 4) is 0 Å². The third-order valence-corrected chi connectivity index (χ3v) is 3.10. The predicted octanol–water partition coefficient (Wildman–Crippen LogP) is 2.36. The highest BCUT2D eigenvalue weighted by atomic mass is 35.5. The Balaban J connectivity index is 2.35. The lowest BCUT2D eigenvalue weighted by atomic mass is 9.90. The van der Waals surface area contributed by atoms with E-state index >= 15 is 0 Å². The number of aryl methyl sites for hydroxylation is 1. The number of hydrogen-bond acceptors (Lipinski definition) is 4. The summed E-state index contributed by atoms with van der Waals surface area (Å²) in [5.41, 5.74) is 2.66. The Morgan fingerprint density at radius 2 is 2.12 bits per heavy atom. The molecule has 1 aromatic rings. The Labute approximate surface area is 105 Å². The van der Waals surface area contributed by atoms with Gasteiger partial charge < -0.3 is 0 Å². The molecule has 17 heavy (non-hydrogen) atoms. The van der Waals surface area contributed by atoms with Crippen molar-refractivity contribution in [3.05, 3.63) is 34.3 Å². The maximum atomic E-state index is 10.9. The molecule has 1 aliphatic rings. The lowest BCUT2D eigenvalue weighted by Gasteiger charge is -2.17. The van der Waals surface area contributed by atoms with Crippen LogP contribution in [0.25, 0.3) is 0 Å². The molecule has 0 saturated carbocycles. The summed E-state index contributed by atoms with van der Waals surface area (Å²) in [5, 5.41) is 4.39. The predicted molar refractivity (Wildman–Crippen MR) is 66.9 cm³/mol. The lowest BCUT2D eigenvalue weighted by molar-refractivity contribution is 0.341. The average Bonchev–Trinajstić information content (AvgIpc) is 2.24. The van der Waals surface area contributed by atoms with E-state index in [1.54, 1.807) is 6.07 Å². The molecule has 0 atom stereocenters. The van der Waals surface area contributed by atoms with Crippen LogP contribution in [0.1, 0.15) is 24.0 Å². The summed E-state index contributed by atoms with van der Waals surface area (Å²) in [6.45, 7) is 0. The molecule has 1 aromatic carbocycles. The first-order valence-corrected chi connectivity index (χ1v) is 7.39. The largest absolute Gasteiger partial charge is 0.325 e. The monoisotopic (exact) mass is 273 g/mol. The van der Waals surface area contributed by atoms with Crippen LogP contribution in [0.4, 0.5) is 0 Å². The Hall–Kier alpha value is -1.07. The van der Waals surface area contributed by atoms with Crippen LogP contribution in [0.5, 0.6) is 0 Å². The zero-order chi connectivity index (χ0) is 12.5. The van der Waals surface area contributed by atoms with Crippen molar-refractivity contribution in [1.29, 1.82) is 0 Å². The first kappa shape index (κ1) is 12.4. The minimum atomic E-state index is -3.55. The van der Waals surface area contributed by atoms with E-state index in [0.29, 0.717) is 17.2 Å². The van der Waals surface area contributed by atoms with E-state index in [1.165, 1.54) is 0 Å². The van der Waals surface area contributed by atoms with E-state index in [0.717, 1.165) is 30.2 Å². The number of hydrogen-bond donors (Lipinski definition) is 0. The zero-order valence-corrected chi connectivity index (χ0v) is 10.9. The maximum Gasteiger partial charge on any atom is 0.325 e. The Morgan fingerprint density at radius 1 is 1.35 bits per heavy atom. The number of oxime groups is 1. The fourth-order valence-corrected chi connectivity index (χ4v) is 2.26. The molecular weight excluding hydrogens is 262 g/mol. The number of benzene rings is 1. The van der Waals surface area contributed by atoms with E-state index in [-0.39, 0.29) is 0 Å². The molecule has 0 aliphatic heterocycles. The summed E-state index contributed by atoms with van der Waals surface area (Å²) in [5.74, 6) is 0. The topological polar surface area (TPSA) is 55.7 Å². The molecule has 4 nitrogen and oxygen atoms in total. The molecule has 0 spiro atoms. The van der Waals surface area contributed by atoms with Crippen molar-refractivity contribution in [3.63, 3.8) is 0 Å². The number of rotatable bonds is 2. The van der Waals surface area contributed by atoms with Gasteiger partial charge in [-0.15, -0.1) is 0 Å². The molecule has 0 heterocycles. The fourth-order valence-electron chi connectivity index (χ4n) is 1.84. The van der Waals surface area contributed by atoms with Gasteiger partial charge in [-0.05, 0) is 37.0 Å². The van der Waals surface area contributed by atoms with E-state index in [1.807, 2.05) is 12.1 Å². The van der Waals surface area contributed by atoms with Crippen LogP contribution in [0.3, 0.4) is 0 Å². The van der Waals surface area contributed by atoms with Gasteiger partial charge >= 0.3 is 10.1 Å². The Bertz CT molecular complexity index is 566. The van der Waals surface area contributed by atoms with E-state index in [4.69, 9.17) is 11.6 Å². The second-order valence-corrected chi connectivity index (χ2v) is 5.97. The lowest BCUT2D eigenvalue weighted by Crippen LogP contribution is -2.13. The van der Waals surface area contributed by atoms with Gasteiger partial charge in [-0.25, -0.2) is 0 Å². The van der Waals surface area contributed by atoms with Gasteiger partial charge in [-0.3, -0.25) is 4.28 Å². The maximum absolute atomic E-state index is 10.9. The summed E-state index contributed by atoms with van der Waals surface area (Å²) in [6, 6.07) is 5.50. The first-order valence-electron chi connectivity index (χ1n) is 5.20. The van der Waals surface area contributed by atoms with Gasteiger partial charge in [0, 0.05) is 10.6 Å². The van der Waals surface area contributed by atoms with Gasteiger partial charge in [0.25, 0.3) is 0 Å². The van der Waals surface area contributed by atoms with E-state index < -0.39 is 10.1 Å². The molecule has 92 valence electrons. The summed E-state index contributed by atoms with van der Waals surface area (Å²) < 4.78 is 26.3. The smallest absolute Gasteiger partial charge is 0.268 e. The normalized spacial score (nSPS) is 17.9. The first-order chi connectivity index (χ1) is 7.96. The van der Waals surface area contributed by atoms with Crippen LogP contribution in [0.2, 0.25) is 5.02 Å². The van der Waals surface area contributed by atoms with E-state index in [2.05, 4.69) is 9.44 Å². The molecule has 0 aromatic heterocycles. The highest BCUT2D eigenvalue weighted by molar-refractivity contribution is 7.85. The van der Waals surface area contributed by atoms with Gasteiger partial charge in [-0.2, -0.15) is 8.42 Å². The van der Waals surface area contributed by atoms with Crippen molar-refractivity contribution in [1.82, 2.24) is 0 Å². The quantitative estimate of drug-likeness (QED) is 0.777. The van der Waals surface area contributed by atoms with Gasteiger partial charge in [0.1, 0.15) is 0 Å². The summed E-state index contributed by atoms with van der Waals surface area (Å²) >= 11 is 5.91. The van der Waals surface area contributed by atoms with Crippen molar-refractivity contribution >= 4 is 27.4 Å². The van der Waals surface area contributed by atoms with Crippen LogP contribution >= 0.6 is 11.6 Å². The van der Waals surface area contributed by atoms with Crippen molar-refractivity contribution < 1.29 is 12.7 Å². The number of nitrogens with zero attached hydrogens (tertiary/aromatic N) is 1. The minimum absolute atomic E-state index is 0.661. The molecule has 0 fully saturated rings. The zero-order valence-electron chi connectivity index (χ0n) is 9.31. The molecule has 0 radical (unpaired) electrons. The van der Waals surface area contributed by atoms with Crippen molar-refractivity contribution in [2.24, 2.45) is 5.16 Å². The Kier molecular flexibility index (Phi) is 3.40. The fraction of sp³-hybridized carbons (Fsp3) is 0.364. The molecule has 0 amide bonds. The second-order valence-electron chi connectivity index (χ2n) is 3.97. The molecule has 1 aliphatic carbocycles. The molecule has 6 heteroatoms.